The Hall–Kier alpha value is -1.93. The summed E-state index contributed by atoms with van der Waals surface area (Å²) in [7, 11) is 0. The van der Waals surface area contributed by atoms with Crippen molar-refractivity contribution >= 4 is 35.2 Å². The molecule has 0 spiro atoms. The van der Waals surface area contributed by atoms with Gasteiger partial charge < -0.3 is 22.3 Å². The number of benzene rings is 1. The normalized spacial score (nSPS) is 13.2. The van der Waals surface area contributed by atoms with Crippen molar-refractivity contribution in [3.63, 3.8) is 0 Å². The van der Waals surface area contributed by atoms with E-state index in [1.165, 1.54) is 4.57 Å². The number of halogens is 1. The van der Waals surface area contributed by atoms with E-state index in [0.717, 1.165) is 23.8 Å². The van der Waals surface area contributed by atoms with E-state index in [1.807, 2.05) is 24.3 Å². The molecule has 1 aromatic heterocycles. The second-order valence-electron chi connectivity index (χ2n) is 5.92. The highest BCUT2D eigenvalue weighted by molar-refractivity contribution is 5.96. The van der Waals surface area contributed by atoms with E-state index < -0.39 is 18.1 Å². The number of nitrogens with two attached hydrogens (primary N) is 3. The van der Waals surface area contributed by atoms with Crippen LogP contribution in [0.25, 0.3) is 10.9 Å². The lowest BCUT2D eigenvalue weighted by molar-refractivity contribution is -0.138. The molecule has 2 atom stereocenters. The van der Waals surface area contributed by atoms with Crippen molar-refractivity contribution in [2.45, 2.75) is 37.8 Å². The largest absolute Gasteiger partial charge is 0.480 e. The molecule has 0 amide bonds. The third kappa shape index (κ3) is 5.02. The molecule has 0 fully saturated rings. The van der Waals surface area contributed by atoms with Crippen molar-refractivity contribution in [1.82, 2.24) is 4.57 Å². The van der Waals surface area contributed by atoms with E-state index in [4.69, 9.17) is 22.3 Å². The summed E-state index contributed by atoms with van der Waals surface area (Å²) in [5.74, 6) is -1.28. The fraction of sp³-hybridized carbons (Fsp3) is 0.412. The Morgan fingerprint density at radius 2 is 1.80 bits per heavy atom. The minimum Gasteiger partial charge on any atom is -0.480 e. The molecule has 1 heterocycles. The number of carbonyl (C=O) groups is 2. The molecule has 0 saturated heterocycles. The summed E-state index contributed by atoms with van der Waals surface area (Å²) < 4.78 is 1.51. The molecule has 7 nitrogen and oxygen atoms in total. The van der Waals surface area contributed by atoms with Gasteiger partial charge in [-0.2, -0.15) is 0 Å². The Bertz CT molecular complexity index is 732. The minimum absolute atomic E-state index is 0. The van der Waals surface area contributed by atoms with Crippen LogP contribution < -0.4 is 17.2 Å². The van der Waals surface area contributed by atoms with Crippen LogP contribution in [0.3, 0.4) is 0 Å². The Morgan fingerprint density at radius 1 is 1.12 bits per heavy atom. The van der Waals surface area contributed by atoms with Gasteiger partial charge in [0.15, 0.2) is 0 Å². The molecule has 2 aromatic rings. The number of carbonyl (C=O) groups excluding carboxylic acids is 1. The zero-order valence-corrected chi connectivity index (χ0v) is 14.7. The van der Waals surface area contributed by atoms with Crippen molar-refractivity contribution in [3.05, 3.63) is 36.0 Å². The molecule has 8 heteroatoms. The summed E-state index contributed by atoms with van der Waals surface area (Å²) in [5.41, 5.74) is 18.5. The van der Waals surface area contributed by atoms with Crippen LogP contribution in [0.2, 0.25) is 0 Å². The maximum Gasteiger partial charge on any atom is 0.320 e. The van der Waals surface area contributed by atoms with Crippen LogP contribution in [0, 0.1) is 0 Å². The standard InChI is InChI=1S/C17H24N4O3.ClH/c18-8-4-3-6-13(19)16(22)21-10-11(9-14(20)17(23)24)12-5-1-2-7-15(12)21;/h1-2,5,7,10,13-14H,3-4,6,8-9,18-20H2,(H,23,24);1H/t13-,14-;/m0./s1. The highest BCUT2D eigenvalue weighted by Crippen LogP contribution is 2.23. The van der Waals surface area contributed by atoms with Crippen LogP contribution in [0.4, 0.5) is 0 Å². The van der Waals surface area contributed by atoms with Crippen molar-refractivity contribution in [2.75, 3.05) is 6.54 Å². The third-order valence-electron chi connectivity index (χ3n) is 4.08. The number of hydrogen-bond acceptors (Lipinski definition) is 5. The van der Waals surface area contributed by atoms with Gasteiger partial charge in [-0.3, -0.25) is 14.2 Å². The summed E-state index contributed by atoms with van der Waals surface area (Å²) in [6, 6.07) is 5.70. The number of carboxylic acid groups (broad SMARTS) is 1. The number of fused-ring (bicyclic) bond motifs is 1. The van der Waals surface area contributed by atoms with Crippen LogP contribution in [-0.2, 0) is 11.2 Å². The number of nitrogens with zero attached hydrogens (tertiary/aromatic N) is 1. The summed E-state index contributed by atoms with van der Waals surface area (Å²) in [4.78, 5) is 23.7. The van der Waals surface area contributed by atoms with Crippen molar-refractivity contribution in [1.29, 1.82) is 0 Å². The first-order chi connectivity index (χ1) is 11.5. The average molecular weight is 369 g/mol. The summed E-state index contributed by atoms with van der Waals surface area (Å²) in [5, 5.41) is 9.83. The number of hydrogen-bond donors (Lipinski definition) is 4. The van der Waals surface area contributed by atoms with Gasteiger partial charge in [0.2, 0.25) is 5.91 Å². The maximum absolute atomic E-state index is 12.6. The summed E-state index contributed by atoms with van der Waals surface area (Å²) in [6.07, 6.45) is 3.98. The topological polar surface area (TPSA) is 137 Å². The first-order valence-corrected chi connectivity index (χ1v) is 8.03. The maximum atomic E-state index is 12.6. The number of aliphatic carboxylic acids is 1. The highest BCUT2D eigenvalue weighted by atomic mass is 35.5. The average Bonchev–Trinajstić information content (AvgIpc) is 2.93. The van der Waals surface area contributed by atoms with Gasteiger partial charge in [-0.05, 0) is 31.0 Å². The Labute approximate surface area is 152 Å². The van der Waals surface area contributed by atoms with Gasteiger partial charge in [-0.15, -0.1) is 12.4 Å². The smallest absolute Gasteiger partial charge is 0.320 e. The quantitative estimate of drug-likeness (QED) is 0.515. The third-order valence-corrected chi connectivity index (χ3v) is 4.08. The van der Waals surface area contributed by atoms with Crippen LogP contribution in [0.1, 0.15) is 29.6 Å². The highest BCUT2D eigenvalue weighted by Gasteiger charge is 2.21. The summed E-state index contributed by atoms with van der Waals surface area (Å²) in [6.45, 7) is 0.574. The predicted molar refractivity (Wildman–Crippen MR) is 100 cm³/mol. The van der Waals surface area contributed by atoms with Gasteiger partial charge in [0.05, 0.1) is 11.6 Å². The SMILES string of the molecule is Cl.NCCCC[C@H](N)C(=O)n1cc(C[C@H](N)C(=O)O)c2ccccc21. The van der Waals surface area contributed by atoms with Crippen LogP contribution in [0.5, 0.6) is 0 Å². The number of unbranched alkanes of at least 4 members (excludes halogenated alkanes) is 1. The van der Waals surface area contributed by atoms with Crippen molar-refractivity contribution in [3.8, 4) is 0 Å². The molecular formula is C17H25ClN4O3. The van der Waals surface area contributed by atoms with Gasteiger partial charge in [0.1, 0.15) is 6.04 Å². The van der Waals surface area contributed by atoms with Gasteiger partial charge in [-0.1, -0.05) is 24.6 Å². The van der Waals surface area contributed by atoms with E-state index in [2.05, 4.69) is 0 Å². The van der Waals surface area contributed by atoms with Crippen LogP contribution in [0.15, 0.2) is 30.5 Å². The molecule has 0 aliphatic rings. The van der Waals surface area contributed by atoms with Gasteiger partial charge in [0, 0.05) is 18.0 Å². The minimum atomic E-state index is -1.07. The van der Waals surface area contributed by atoms with E-state index in [-0.39, 0.29) is 24.7 Å². The second-order valence-corrected chi connectivity index (χ2v) is 5.92. The van der Waals surface area contributed by atoms with E-state index >= 15 is 0 Å². The fourth-order valence-electron chi connectivity index (χ4n) is 2.73. The van der Waals surface area contributed by atoms with Crippen LogP contribution in [-0.4, -0.2) is 40.2 Å². The first-order valence-electron chi connectivity index (χ1n) is 8.03. The molecule has 7 N–H and O–H groups in total. The molecule has 1 aromatic carbocycles. The molecular weight excluding hydrogens is 344 g/mol. The fourth-order valence-corrected chi connectivity index (χ4v) is 2.73. The lowest BCUT2D eigenvalue weighted by atomic mass is 10.1. The second kappa shape index (κ2) is 9.53. The lowest BCUT2D eigenvalue weighted by Gasteiger charge is -2.11. The van der Waals surface area contributed by atoms with E-state index in [9.17, 15) is 9.59 Å². The molecule has 0 aliphatic carbocycles. The van der Waals surface area contributed by atoms with E-state index in [0.29, 0.717) is 18.5 Å². The predicted octanol–water partition coefficient (Wildman–Crippen LogP) is 1.11. The Balaban J connectivity index is 0.00000312. The molecule has 2 rings (SSSR count). The summed E-state index contributed by atoms with van der Waals surface area (Å²) >= 11 is 0. The van der Waals surface area contributed by atoms with E-state index in [1.54, 1.807) is 6.20 Å². The number of carboxylic acids is 1. The number of para-hydroxylation sites is 1. The number of rotatable bonds is 8. The first kappa shape index (κ1) is 21.1. The molecule has 0 unspecified atom stereocenters. The van der Waals surface area contributed by atoms with Crippen molar-refractivity contribution in [2.24, 2.45) is 17.2 Å². The van der Waals surface area contributed by atoms with Gasteiger partial charge in [-0.25, -0.2) is 0 Å². The van der Waals surface area contributed by atoms with Crippen molar-refractivity contribution < 1.29 is 14.7 Å². The number of aromatic nitrogens is 1. The molecule has 0 aliphatic heterocycles. The lowest BCUT2D eigenvalue weighted by Crippen LogP contribution is -2.34. The molecule has 138 valence electrons. The van der Waals surface area contributed by atoms with Crippen LogP contribution >= 0.6 is 12.4 Å². The Morgan fingerprint density at radius 3 is 2.44 bits per heavy atom. The van der Waals surface area contributed by atoms with Gasteiger partial charge >= 0.3 is 5.97 Å². The zero-order chi connectivity index (χ0) is 17.7. The van der Waals surface area contributed by atoms with Gasteiger partial charge in [0.25, 0.3) is 0 Å². The molecule has 25 heavy (non-hydrogen) atoms. The zero-order valence-electron chi connectivity index (χ0n) is 13.9. The molecule has 0 radical (unpaired) electrons. The molecule has 0 bridgehead atoms. The Kier molecular flexibility index (Phi) is 8.05. The monoisotopic (exact) mass is 368 g/mol. The molecule has 0 saturated carbocycles.